The summed E-state index contributed by atoms with van der Waals surface area (Å²) in [6, 6.07) is 9.23. The zero-order valence-electron chi connectivity index (χ0n) is 17.2. The molecule has 1 heterocycles. The molecule has 33 heavy (non-hydrogen) atoms. The van der Waals surface area contributed by atoms with E-state index in [0.717, 1.165) is 18.5 Å². The number of hydrogen-bond acceptors (Lipinski definition) is 8. The van der Waals surface area contributed by atoms with Crippen molar-refractivity contribution in [2.75, 3.05) is 26.1 Å². The van der Waals surface area contributed by atoms with Crippen molar-refractivity contribution in [3.05, 3.63) is 48.8 Å². The van der Waals surface area contributed by atoms with Crippen LogP contribution in [0.5, 0.6) is 11.5 Å². The molecule has 1 unspecified atom stereocenters. The van der Waals surface area contributed by atoms with Gasteiger partial charge >= 0.3 is 12.0 Å². The van der Waals surface area contributed by atoms with Gasteiger partial charge in [0.1, 0.15) is 12.1 Å². The predicted molar refractivity (Wildman–Crippen MR) is 109 cm³/mol. The third kappa shape index (κ3) is 5.23. The van der Waals surface area contributed by atoms with Gasteiger partial charge in [-0.1, -0.05) is 23.1 Å². The molecule has 0 fully saturated rings. The molecule has 2 aromatic carbocycles. The summed E-state index contributed by atoms with van der Waals surface area (Å²) in [4.78, 5) is 12.7. The van der Waals surface area contributed by atoms with Crippen LogP contribution in [-0.2, 0) is 14.9 Å². The van der Waals surface area contributed by atoms with Gasteiger partial charge in [0.25, 0.3) is 10.0 Å². The number of aromatic nitrogens is 2. The molecule has 0 aliphatic rings. The first-order chi connectivity index (χ1) is 15.5. The number of hydrogen-bond donors (Lipinski definition) is 2. The van der Waals surface area contributed by atoms with Crippen LogP contribution in [0, 0.1) is 0 Å². The van der Waals surface area contributed by atoms with Crippen molar-refractivity contribution >= 4 is 26.7 Å². The van der Waals surface area contributed by atoms with Crippen LogP contribution in [0.25, 0.3) is 10.9 Å². The molecule has 0 aliphatic heterocycles. The summed E-state index contributed by atoms with van der Waals surface area (Å²) in [5, 5.41) is 2.40. The third-order valence-corrected chi connectivity index (χ3v) is 5.61. The lowest BCUT2D eigenvalue weighted by molar-refractivity contribution is -0.335. The van der Waals surface area contributed by atoms with Crippen LogP contribution in [0.2, 0.25) is 0 Å². The van der Waals surface area contributed by atoms with E-state index in [9.17, 15) is 26.0 Å². The Bertz CT molecular complexity index is 1230. The second-order valence-electron chi connectivity index (χ2n) is 6.53. The lowest BCUT2D eigenvalue weighted by Gasteiger charge is -2.27. The summed E-state index contributed by atoms with van der Waals surface area (Å²) in [6.45, 7) is -1.53. The molecule has 0 bridgehead atoms. The van der Waals surface area contributed by atoms with Gasteiger partial charge in [-0.05, 0) is 18.2 Å². The van der Waals surface area contributed by atoms with E-state index in [0.29, 0.717) is 5.75 Å². The van der Waals surface area contributed by atoms with Gasteiger partial charge in [-0.2, -0.15) is 17.6 Å². The largest absolute Gasteiger partial charge is 0.493 e. The Morgan fingerprint density at radius 2 is 1.61 bits per heavy atom. The number of nitrogens with one attached hydrogen (secondary N) is 2. The molecule has 2 N–H and O–H groups in total. The molecule has 0 amide bonds. The highest BCUT2D eigenvalue weighted by molar-refractivity contribution is 7.89. The monoisotopic (exact) mass is 490 g/mol. The second kappa shape index (κ2) is 9.33. The van der Waals surface area contributed by atoms with E-state index in [-0.39, 0.29) is 22.5 Å². The highest BCUT2D eigenvalue weighted by atomic mass is 32.2. The van der Waals surface area contributed by atoms with Gasteiger partial charge in [0.2, 0.25) is 0 Å². The van der Waals surface area contributed by atoms with Crippen LogP contribution in [0.3, 0.4) is 0 Å². The Kier molecular flexibility index (Phi) is 6.90. The van der Waals surface area contributed by atoms with Crippen molar-refractivity contribution in [3.8, 4) is 11.5 Å². The summed E-state index contributed by atoms with van der Waals surface area (Å²) in [5.41, 5.74) is 0.271. The summed E-state index contributed by atoms with van der Waals surface area (Å²) in [5.74, 6) is -4.08. The maximum atomic E-state index is 14.9. The van der Waals surface area contributed by atoms with E-state index in [1.807, 2.05) is 0 Å². The molecule has 178 valence electrons. The minimum atomic E-state index is -5.61. The first-order valence-electron chi connectivity index (χ1n) is 9.12. The van der Waals surface area contributed by atoms with E-state index < -0.39 is 33.5 Å². The van der Waals surface area contributed by atoms with Crippen LogP contribution < -0.4 is 19.7 Å². The second-order valence-corrected chi connectivity index (χ2v) is 8.17. The highest BCUT2D eigenvalue weighted by Gasteiger charge is 2.59. The van der Waals surface area contributed by atoms with Crippen molar-refractivity contribution in [1.29, 1.82) is 0 Å². The van der Waals surface area contributed by atoms with E-state index in [1.54, 1.807) is 0 Å². The maximum absolute atomic E-state index is 14.9. The van der Waals surface area contributed by atoms with Crippen LogP contribution >= 0.6 is 0 Å². The zero-order valence-corrected chi connectivity index (χ0v) is 18.0. The third-order valence-electron chi connectivity index (χ3n) is 4.41. The predicted octanol–water partition coefficient (Wildman–Crippen LogP) is 3.20. The Morgan fingerprint density at radius 3 is 2.21 bits per heavy atom. The number of sulfonamides is 1. The molecule has 3 rings (SSSR count). The number of rotatable bonds is 9. The topological polar surface area (TPSA) is 112 Å². The van der Waals surface area contributed by atoms with Crippen molar-refractivity contribution < 1.29 is 40.3 Å². The fourth-order valence-electron chi connectivity index (χ4n) is 2.68. The van der Waals surface area contributed by atoms with Gasteiger partial charge in [0, 0.05) is 11.5 Å². The molecule has 0 saturated heterocycles. The zero-order chi connectivity index (χ0) is 24.3. The Labute approximate surface area is 185 Å². The normalized spacial score (nSPS) is 14.0. The highest BCUT2D eigenvalue weighted by Crippen LogP contribution is 2.37. The Hall–Kier alpha value is -3.23. The van der Waals surface area contributed by atoms with Gasteiger partial charge in [0.15, 0.2) is 11.5 Å². The summed E-state index contributed by atoms with van der Waals surface area (Å²) < 4.78 is 89.9. The van der Waals surface area contributed by atoms with Crippen molar-refractivity contribution in [1.82, 2.24) is 14.9 Å². The quantitative estimate of drug-likeness (QED) is 0.348. The molecule has 1 atom stereocenters. The van der Waals surface area contributed by atoms with Crippen molar-refractivity contribution in [2.45, 2.75) is 16.9 Å². The van der Waals surface area contributed by atoms with Crippen molar-refractivity contribution in [2.24, 2.45) is 0 Å². The first-order valence-corrected chi connectivity index (χ1v) is 10.6. The van der Waals surface area contributed by atoms with Crippen LogP contribution in [-0.4, -0.2) is 51.2 Å². The summed E-state index contributed by atoms with van der Waals surface area (Å²) >= 11 is 0. The van der Waals surface area contributed by atoms with E-state index in [2.05, 4.69) is 20.1 Å². The van der Waals surface area contributed by atoms with Crippen molar-refractivity contribution in [3.63, 3.8) is 0 Å². The Morgan fingerprint density at radius 1 is 0.970 bits per heavy atom. The minimum Gasteiger partial charge on any atom is -0.493 e. The molecule has 0 aliphatic carbocycles. The van der Waals surface area contributed by atoms with Crippen LogP contribution in [0.4, 0.5) is 23.4 Å². The smallest absolute Gasteiger partial charge is 0.451 e. The number of benzene rings is 2. The molecule has 3 aromatic rings. The summed E-state index contributed by atoms with van der Waals surface area (Å²) in [6.07, 6.45) is -4.56. The number of alkyl halides is 4. The molecular weight excluding hydrogens is 472 g/mol. The number of methoxy groups -OCH3 is 2. The van der Waals surface area contributed by atoms with Crippen LogP contribution in [0.1, 0.15) is 0 Å². The fraction of sp³-hybridized carbons (Fsp3) is 0.263. The lowest BCUT2D eigenvalue weighted by Crippen LogP contribution is -2.52. The molecule has 0 spiro atoms. The fourth-order valence-corrected chi connectivity index (χ4v) is 3.54. The summed E-state index contributed by atoms with van der Waals surface area (Å²) in [7, 11) is -1.85. The molecule has 0 saturated carbocycles. The number of nitrogens with zero attached hydrogens (tertiary/aromatic N) is 2. The van der Waals surface area contributed by atoms with Gasteiger partial charge in [-0.15, -0.1) is 0 Å². The number of ether oxygens (including phenoxy) is 2. The Balaban J connectivity index is 1.86. The SMILES string of the molecule is COc1cc2ncnc(NCC(F)(ONS(=O)(=O)c3ccccc3)C(F)(F)F)c2cc1OC. The molecule has 1 aromatic heterocycles. The lowest BCUT2D eigenvalue weighted by atomic mass is 10.2. The van der Waals surface area contributed by atoms with Gasteiger partial charge < -0.3 is 14.8 Å². The molecular formula is C19H18F4N4O5S. The van der Waals surface area contributed by atoms with E-state index >= 15 is 0 Å². The van der Waals surface area contributed by atoms with Crippen LogP contribution in [0.15, 0.2) is 53.7 Å². The van der Waals surface area contributed by atoms with E-state index in [4.69, 9.17) is 9.47 Å². The van der Waals surface area contributed by atoms with Gasteiger partial charge in [-0.3, -0.25) is 0 Å². The van der Waals surface area contributed by atoms with Gasteiger partial charge in [0.05, 0.1) is 31.2 Å². The average molecular weight is 490 g/mol. The first kappa shape index (κ1) is 24.4. The van der Waals surface area contributed by atoms with Gasteiger partial charge in [-0.25, -0.2) is 23.2 Å². The number of anilines is 1. The minimum absolute atomic E-state index is 0.179. The standard InChI is InChI=1S/C19H18F4N4O5S/c1-30-15-8-13-14(9-16(15)31-2)25-11-26-17(13)24-10-18(20,19(21,22)23)32-27-33(28,29)12-6-4-3-5-7-12/h3-9,11,27H,10H2,1-2H3,(H,24,25,26). The maximum Gasteiger partial charge on any atom is 0.451 e. The molecule has 9 nitrogen and oxygen atoms in total. The number of halogens is 4. The average Bonchev–Trinajstić information content (AvgIpc) is 2.80. The molecule has 0 radical (unpaired) electrons. The molecule has 14 heteroatoms. The number of fused-ring (bicyclic) bond motifs is 1. The van der Waals surface area contributed by atoms with E-state index in [1.165, 1.54) is 49.4 Å².